The topological polar surface area (TPSA) is 73.9 Å². The van der Waals surface area contributed by atoms with Crippen LogP contribution in [0.5, 0.6) is 11.5 Å². The number of hydrogen-bond donors (Lipinski definition) is 1. The molecule has 0 aromatic heterocycles. The number of carbonyl (C=O) groups excluding carboxylic acids is 2. The first-order chi connectivity index (χ1) is 14.7. The third kappa shape index (κ3) is 4.78. The molecule has 152 valence electrons. The van der Waals surface area contributed by atoms with Crippen LogP contribution in [0.1, 0.15) is 10.4 Å². The van der Waals surface area contributed by atoms with Crippen LogP contribution >= 0.6 is 0 Å². The van der Waals surface area contributed by atoms with E-state index in [-0.39, 0.29) is 19.3 Å². The molecule has 1 atom stereocenters. The van der Waals surface area contributed by atoms with Crippen LogP contribution in [-0.2, 0) is 9.53 Å². The molecule has 0 fully saturated rings. The van der Waals surface area contributed by atoms with Crippen LogP contribution in [0.15, 0.2) is 78.9 Å². The zero-order valence-electron chi connectivity index (χ0n) is 16.2. The van der Waals surface area contributed by atoms with Crippen LogP contribution in [0.25, 0.3) is 11.1 Å². The Morgan fingerprint density at radius 1 is 0.867 bits per heavy atom. The number of nitrogens with one attached hydrogen (secondary N) is 1. The summed E-state index contributed by atoms with van der Waals surface area (Å²) in [5.41, 5.74) is 2.46. The Bertz CT molecular complexity index is 1020. The van der Waals surface area contributed by atoms with Gasteiger partial charge in [0.1, 0.15) is 12.7 Å². The van der Waals surface area contributed by atoms with E-state index in [1.807, 2.05) is 66.7 Å². The zero-order chi connectivity index (χ0) is 20.8. The lowest BCUT2D eigenvalue weighted by Gasteiger charge is -2.26. The molecule has 0 saturated carbocycles. The maximum absolute atomic E-state index is 12.2. The van der Waals surface area contributed by atoms with E-state index >= 15 is 0 Å². The number of fused-ring (bicyclic) bond motifs is 1. The van der Waals surface area contributed by atoms with Crippen molar-refractivity contribution in [2.45, 2.75) is 6.10 Å². The van der Waals surface area contributed by atoms with Gasteiger partial charge in [-0.3, -0.25) is 4.79 Å². The molecule has 0 spiro atoms. The minimum atomic E-state index is -0.545. The summed E-state index contributed by atoms with van der Waals surface area (Å²) in [4.78, 5) is 24.2. The summed E-state index contributed by atoms with van der Waals surface area (Å²) in [7, 11) is 0. The third-order valence-corrected chi connectivity index (χ3v) is 4.66. The van der Waals surface area contributed by atoms with Crippen molar-refractivity contribution in [1.82, 2.24) is 5.32 Å². The molecule has 0 radical (unpaired) electrons. The molecule has 6 nitrogen and oxygen atoms in total. The second-order valence-electron chi connectivity index (χ2n) is 6.82. The number of rotatable bonds is 6. The van der Waals surface area contributed by atoms with Gasteiger partial charge >= 0.3 is 5.97 Å². The smallest absolute Gasteiger partial charge is 0.338 e. The van der Waals surface area contributed by atoms with Crippen molar-refractivity contribution in [1.29, 1.82) is 0 Å². The van der Waals surface area contributed by atoms with E-state index in [0.29, 0.717) is 23.7 Å². The maximum Gasteiger partial charge on any atom is 0.338 e. The fourth-order valence-corrected chi connectivity index (χ4v) is 3.09. The van der Waals surface area contributed by atoms with Crippen molar-refractivity contribution < 1.29 is 23.8 Å². The quantitative estimate of drug-likeness (QED) is 0.638. The highest BCUT2D eigenvalue weighted by Gasteiger charge is 2.21. The average Bonchev–Trinajstić information content (AvgIpc) is 2.81. The SMILES string of the molecule is O=C(COC(=O)c1ccc(-c2ccccc2)cc1)NC[C@@H]1COc2ccccc2O1. The Morgan fingerprint density at radius 3 is 2.30 bits per heavy atom. The summed E-state index contributed by atoms with van der Waals surface area (Å²) in [6.07, 6.45) is -0.301. The first-order valence-corrected chi connectivity index (χ1v) is 9.67. The monoisotopic (exact) mass is 403 g/mol. The molecule has 1 amide bonds. The van der Waals surface area contributed by atoms with Crippen LogP contribution in [-0.4, -0.2) is 37.7 Å². The molecule has 1 heterocycles. The Hall–Kier alpha value is -3.80. The number of carbonyl (C=O) groups is 2. The lowest BCUT2D eigenvalue weighted by molar-refractivity contribution is -0.124. The zero-order valence-corrected chi connectivity index (χ0v) is 16.2. The van der Waals surface area contributed by atoms with E-state index in [4.69, 9.17) is 14.2 Å². The predicted molar refractivity (Wildman–Crippen MR) is 112 cm³/mol. The van der Waals surface area contributed by atoms with Crippen LogP contribution in [0, 0.1) is 0 Å². The first kappa shape index (κ1) is 19.5. The Labute approximate surface area is 174 Å². The van der Waals surface area contributed by atoms with Gasteiger partial charge in [0, 0.05) is 0 Å². The van der Waals surface area contributed by atoms with Crippen LogP contribution in [0.2, 0.25) is 0 Å². The average molecular weight is 403 g/mol. The number of para-hydroxylation sites is 2. The van der Waals surface area contributed by atoms with Gasteiger partial charge in [0.25, 0.3) is 5.91 Å². The molecular weight excluding hydrogens is 382 g/mol. The number of benzene rings is 3. The molecule has 1 N–H and O–H groups in total. The van der Waals surface area contributed by atoms with E-state index in [9.17, 15) is 9.59 Å². The molecule has 0 unspecified atom stereocenters. The lowest BCUT2D eigenvalue weighted by Crippen LogP contribution is -2.42. The second kappa shape index (κ2) is 9.13. The van der Waals surface area contributed by atoms with Crippen molar-refractivity contribution >= 4 is 11.9 Å². The van der Waals surface area contributed by atoms with Crippen molar-refractivity contribution in [3.63, 3.8) is 0 Å². The number of hydrogen-bond acceptors (Lipinski definition) is 5. The fraction of sp³-hybridized carbons (Fsp3) is 0.167. The highest BCUT2D eigenvalue weighted by atomic mass is 16.6. The molecule has 3 aromatic carbocycles. The first-order valence-electron chi connectivity index (χ1n) is 9.67. The molecule has 0 bridgehead atoms. The van der Waals surface area contributed by atoms with Gasteiger partial charge in [0.05, 0.1) is 12.1 Å². The Balaban J connectivity index is 1.23. The van der Waals surface area contributed by atoms with Gasteiger partial charge in [-0.05, 0) is 35.4 Å². The van der Waals surface area contributed by atoms with E-state index < -0.39 is 11.9 Å². The highest BCUT2D eigenvalue weighted by Crippen LogP contribution is 2.30. The molecule has 0 saturated heterocycles. The summed E-state index contributed by atoms with van der Waals surface area (Å²) < 4.78 is 16.5. The lowest BCUT2D eigenvalue weighted by atomic mass is 10.0. The number of ether oxygens (including phenoxy) is 3. The molecule has 1 aliphatic heterocycles. The van der Waals surface area contributed by atoms with Gasteiger partial charge in [-0.2, -0.15) is 0 Å². The van der Waals surface area contributed by atoms with Gasteiger partial charge in [-0.15, -0.1) is 0 Å². The van der Waals surface area contributed by atoms with E-state index in [2.05, 4.69) is 5.32 Å². The summed E-state index contributed by atoms with van der Waals surface area (Å²) in [6.45, 7) is 0.241. The molecule has 6 heteroatoms. The van der Waals surface area contributed by atoms with Gasteiger partial charge in [-0.25, -0.2) is 4.79 Å². The maximum atomic E-state index is 12.2. The number of esters is 1. The van der Waals surface area contributed by atoms with Crippen LogP contribution in [0.3, 0.4) is 0 Å². The second-order valence-corrected chi connectivity index (χ2v) is 6.82. The third-order valence-electron chi connectivity index (χ3n) is 4.66. The predicted octanol–water partition coefficient (Wildman–Crippen LogP) is 3.47. The van der Waals surface area contributed by atoms with Crippen molar-refractivity contribution in [3.8, 4) is 22.6 Å². The molecule has 30 heavy (non-hydrogen) atoms. The molecule has 3 aromatic rings. The van der Waals surface area contributed by atoms with Gasteiger partial charge < -0.3 is 19.5 Å². The number of amides is 1. The van der Waals surface area contributed by atoms with Crippen molar-refractivity contribution in [2.24, 2.45) is 0 Å². The van der Waals surface area contributed by atoms with Crippen LogP contribution in [0.4, 0.5) is 0 Å². The van der Waals surface area contributed by atoms with Gasteiger partial charge in [0.15, 0.2) is 18.1 Å². The minimum absolute atomic E-state index is 0.260. The fourth-order valence-electron chi connectivity index (χ4n) is 3.09. The molecule has 4 rings (SSSR count). The molecule has 0 aliphatic carbocycles. The van der Waals surface area contributed by atoms with Crippen LogP contribution < -0.4 is 14.8 Å². The highest BCUT2D eigenvalue weighted by molar-refractivity contribution is 5.91. The largest absolute Gasteiger partial charge is 0.486 e. The van der Waals surface area contributed by atoms with Gasteiger partial charge in [-0.1, -0.05) is 54.6 Å². The van der Waals surface area contributed by atoms with E-state index in [0.717, 1.165) is 11.1 Å². The Morgan fingerprint density at radius 2 is 1.53 bits per heavy atom. The molecule has 1 aliphatic rings. The Kier molecular flexibility index (Phi) is 5.94. The van der Waals surface area contributed by atoms with E-state index in [1.165, 1.54) is 0 Å². The summed E-state index contributed by atoms with van der Waals surface area (Å²) in [6, 6.07) is 24.3. The van der Waals surface area contributed by atoms with E-state index in [1.54, 1.807) is 12.1 Å². The standard InChI is InChI=1S/C24H21NO5/c26-23(25-14-20-15-28-21-8-4-5-9-22(21)30-20)16-29-24(27)19-12-10-18(11-13-19)17-6-2-1-3-7-17/h1-13,20H,14-16H2,(H,25,26)/t20-/m1/s1. The van der Waals surface area contributed by atoms with Crippen molar-refractivity contribution in [2.75, 3.05) is 19.8 Å². The normalized spacial score (nSPS) is 14.6. The van der Waals surface area contributed by atoms with Crippen molar-refractivity contribution in [3.05, 3.63) is 84.4 Å². The summed E-state index contributed by atoms with van der Waals surface area (Å²) >= 11 is 0. The molecular formula is C24H21NO5. The summed E-state index contributed by atoms with van der Waals surface area (Å²) in [5, 5.41) is 2.70. The van der Waals surface area contributed by atoms with Gasteiger partial charge in [0.2, 0.25) is 0 Å². The summed E-state index contributed by atoms with van der Waals surface area (Å²) in [5.74, 6) is 0.392. The minimum Gasteiger partial charge on any atom is -0.486 e.